The number of sulfonamides is 1. The van der Waals surface area contributed by atoms with Gasteiger partial charge in [-0.25, -0.2) is 9.51 Å². The molecule has 1 aromatic heterocycles. The number of hydrogen-bond donors (Lipinski definition) is 4. The van der Waals surface area contributed by atoms with Gasteiger partial charge in [0, 0.05) is 23.9 Å². The van der Waals surface area contributed by atoms with Crippen molar-refractivity contribution < 1.29 is 13.2 Å². The first-order valence-electron chi connectivity index (χ1n) is 9.87. The van der Waals surface area contributed by atoms with E-state index in [2.05, 4.69) is 10.1 Å². The first kappa shape index (κ1) is 28.2. The van der Waals surface area contributed by atoms with Crippen molar-refractivity contribution in [1.29, 1.82) is 5.41 Å². The average molecular weight is 559 g/mol. The molecule has 0 radical (unpaired) electrons. The summed E-state index contributed by atoms with van der Waals surface area (Å²) in [5.74, 6) is -0.470. The van der Waals surface area contributed by atoms with Crippen LogP contribution < -0.4 is 21.4 Å². The van der Waals surface area contributed by atoms with E-state index in [9.17, 15) is 18.0 Å². The third-order valence-electron chi connectivity index (χ3n) is 4.94. The van der Waals surface area contributed by atoms with Crippen molar-refractivity contribution >= 4 is 57.4 Å². The lowest BCUT2D eigenvalue weighted by Gasteiger charge is -2.14. The summed E-state index contributed by atoms with van der Waals surface area (Å²) in [6.45, 7) is 1.86. The molecule has 0 bridgehead atoms. The smallest absolute Gasteiger partial charge is 0.275 e. The summed E-state index contributed by atoms with van der Waals surface area (Å²) in [6.07, 6.45) is 1.02. The van der Waals surface area contributed by atoms with Gasteiger partial charge in [-0.2, -0.15) is 8.42 Å². The zero-order valence-corrected chi connectivity index (χ0v) is 21.5. The Kier molecular flexibility index (Phi) is 9.33. The highest BCUT2D eigenvalue weighted by atomic mass is 35.5. The Bertz CT molecular complexity index is 1420. The third-order valence-corrected chi connectivity index (χ3v) is 6.99. The molecule has 0 saturated carbocycles. The normalized spacial score (nSPS) is 10.8. The first-order valence-corrected chi connectivity index (χ1v) is 12.1. The van der Waals surface area contributed by atoms with Gasteiger partial charge in [-0.3, -0.25) is 15.0 Å². The van der Waals surface area contributed by atoms with E-state index in [-0.39, 0.29) is 51.7 Å². The number of aromatic nitrogens is 1. The van der Waals surface area contributed by atoms with Gasteiger partial charge >= 0.3 is 0 Å². The lowest BCUT2D eigenvalue weighted by Crippen LogP contribution is -2.36. The lowest BCUT2D eigenvalue weighted by atomic mass is 10.1. The van der Waals surface area contributed by atoms with Crippen molar-refractivity contribution in [2.45, 2.75) is 24.8 Å². The molecule has 0 aliphatic carbocycles. The Balaban J connectivity index is 0.00000432. The molecule has 9 nitrogen and oxygen atoms in total. The monoisotopic (exact) mass is 557 g/mol. The molecular formula is C22H22Cl3N5O4S. The Hall–Kier alpha value is -3.05. The van der Waals surface area contributed by atoms with Crippen molar-refractivity contribution in [3.63, 3.8) is 0 Å². The number of carbonyl (C=O) groups is 1. The molecule has 3 rings (SSSR count). The summed E-state index contributed by atoms with van der Waals surface area (Å²) in [7, 11) is -4.14. The van der Waals surface area contributed by atoms with Gasteiger partial charge in [-0.15, -0.1) is 12.4 Å². The number of hydrogen-bond acceptors (Lipinski definition) is 5. The Morgan fingerprint density at radius 1 is 1.09 bits per heavy atom. The van der Waals surface area contributed by atoms with Crippen LogP contribution in [0.3, 0.4) is 0 Å². The molecule has 186 valence electrons. The predicted octanol–water partition coefficient (Wildman–Crippen LogP) is 2.96. The highest BCUT2D eigenvalue weighted by molar-refractivity contribution is 7.92. The van der Waals surface area contributed by atoms with E-state index in [4.69, 9.17) is 34.3 Å². The quantitative estimate of drug-likeness (QED) is 0.248. The van der Waals surface area contributed by atoms with E-state index < -0.39 is 21.5 Å². The molecule has 0 spiro atoms. The van der Waals surface area contributed by atoms with Crippen molar-refractivity contribution in [2.24, 2.45) is 5.73 Å². The first-order chi connectivity index (χ1) is 16.0. The van der Waals surface area contributed by atoms with Gasteiger partial charge in [-0.1, -0.05) is 47.5 Å². The molecule has 35 heavy (non-hydrogen) atoms. The van der Waals surface area contributed by atoms with E-state index in [1.807, 2.05) is 0 Å². The van der Waals surface area contributed by atoms with Gasteiger partial charge < -0.3 is 11.1 Å². The fourth-order valence-corrected chi connectivity index (χ4v) is 4.40. The largest absolute Gasteiger partial charge is 0.384 e. The number of amides is 1. The zero-order chi connectivity index (χ0) is 25.0. The molecule has 13 heteroatoms. The second-order valence-electron chi connectivity index (χ2n) is 7.39. The molecule has 1 amide bonds. The molecule has 0 aliphatic rings. The highest BCUT2D eigenvalue weighted by Gasteiger charge is 2.19. The van der Waals surface area contributed by atoms with Crippen molar-refractivity contribution in [1.82, 2.24) is 9.99 Å². The van der Waals surface area contributed by atoms with Gasteiger partial charge in [0.25, 0.3) is 15.6 Å². The fourth-order valence-electron chi connectivity index (χ4n) is 3.01. The second-order valence-corrected chi connectivity index (χ2v) is 9.86. The lowest BCUT2D eigenvalue weighted by molar-refractivity contribution is -0.120. The maximum absolute atomic E-state index is 12.9. The molecule has 0 atom stereocenters. The summed E-state index contributed by atoms with van der Waals surface area (Å²) in [6, 6.07) is 12.1. The van der Waals surface area contributed by atoms with Gasteiger partial charge in [0.2, 0.25) is 5.91 Å². The molecule has 0 saturated heterocycles. The number of nitrogens with one attached hydrogen (secondary N) is 3. The number of aryl methyl sites for hydroxylation is 1. The molecule has 5 N–H and O–H groups in total. The van der Waals surface area contributed by atoms with E-state index in [0.717, 1.165) is 10.2 Å². The Morgan fingerprint density at radius 2 is 1.74 bits per heavy atom. The van der Waals surface area contributed by atoms with Crippen LogP contribution in [-0.4, -0.2) is 24.8 Å². The summed E-state index contributed by atoms with van der Waals surface area (Å²) in [5, 5.41) is 10.4. The maximum Gasteiger partial charge on any atom is 0.275 e. The molecule has 3 aromatic rings. The third kappa shape index (κ3) is 6.98. The van der Waals surface area contributed by atoms with Crippen LogP contribution in [0.2, 0.25) is 10.0 Å². The number of rotatable bonds is 8. The minimum Gasteiger partial charge on any atom is -0.384 e. The molecule has 0 fully saturated rings. The van der Waals surface area contributed by atoms with Crippen LogP contribution in [-0.2, 0) is 27.8 Å². The fraction of sp³-hybridized carbons (Fsp3) is 0.136. The minimum atomic E-state index is -4.14. The number of amidine groups is 1. The van der Waals surface area contributed by atoms with E-state index >= 15 is 0 Å². The average Bonchev–Trinajstić information content (AvgIpc) is 2.79. The van der Waals surface area contributed by atoms with Crippen LogP contribution >= 0.6 is 35.6 Å². The van der Waals surface area contributed by atoms with Crippen molar-refractivity contribution in [3.8, 4) is 0 Å². The Labute approximate surface area is 218 Å². The number of carbonyl (C=O) groups excluding carboxylic acids is 1. The summed E-state index contributed by atoms with van der Waals surface area (Å²) in [5.41, 5.74) is 6.78. The van der Waals surface area contributed by atoms with Gasteiger partial charge in [0.05, 0.1) is 21.4 Å². The van der Waals surface area contributed by atoms with Crippen LogP contribution in [0.4, 0.5) is 0 Å². The van der Waals surface area contributed by atoms with Crippen LogP contribution in [0, 0.1) is 12.3 Å². The highest BCUT2D eigenvalue weighted by Crippen LogP contribution is 2.24. The van der Waals surface area contributed by atoms with Crippen LogP contribution in [0.5, 0.6) is 0 Å². The number of halogens is 3. The number of benzene rings is 2. The molecule has 2 aromatic carbocycles. The number of nitrogens with zero attached hydrogens (tertiary/aromatic N) is 1. The standard InChI is InChI=1S/C22H21Cl2N5O4S.ClH/c1-13-8-9-29(28-34(32,33)16-6-7-18(23)19(24)10-16)22(31)17(13)11-20(30)27-12-14-2-4-15(5-3-14)21(25)26;/h2-10,28H,11-12H2,1H3,(H3,25,26)(H,27,30);1H. The number of nitrogen functional groups attached to an aromatic ring is 1. The SMILES string of the molecule is Cc1ccn(NS(=O)(=O)c2ccc(Cl)c(Cl)c2)c(=O)c1CC(=O)NCc1ccc(C(=N)N)cc1.Cl. The van der Waals surface area contributed by atoms with Crippen molar-refractivity contribution in [2.75, 3.05) is 4.83 Å². The van der Waals surface area contributed by atoms with E-state index in [1.165, 1.54) is 30.5 Å². The topological polar surface area (TPSA) is 147 Å². The molecular weight excluding hydrogens is 537 g/mol. The van der Waals surface area contributed by atoms with E-state index in [0.29, 0.717) is 11.1 Å². The Morgan fingerprint density at radius 3 is 2.34 bits per heavy atom. The van der Waals surface area contributed by atoms with Gasteiger partial charge in [0.15, 0.2) is 0 Å². The molecule has 0 unspecified atom stereocenters. The summed E-state index contributed by atoms with van der Waals surface area (Å²) in [4.78, 5) is 27.4. The summed E-state index contributed by atoms with van der Waals surface area (Å²) >= 11 is 11.7. The van der Waals surface area contributed by atoms with Crippen molar-refractivity contribution in [3.05, 3.63) is 97.4 Å². The summed E-state index contributed by atoms with van der Waals surface area (Å²) < 4.78 is 26.2. The van der Waals surface area contributed by atoms with E-state index in [1.54, 1.807) is 31.2 Å². The minimum absolute atomic E-state index is 0. The predicted molar refractivity (Wildman–Crippen MR) is 139 cm³/mol. The second kappa shape index (κ2) is 11.6. The van der Waals surface area contributed by atoms with Gasteiger partial charge in [0.1, 0.15) is 5.84 Å². The van der Waals surface area contributed by atoms with Crippen LogP contribution in [0.15, 0.2) is 64.4 Å². The van der Waals surface area contributed by atoms with Crippen LogP contribution in [0.25, 0.3) is 0 Å². The van der Waals surface area contributed by atoms with Gasteiger partial charge in [-0.05, 0) is 42.3 Å². The zero-order valence-electron chi connectivity index (χ0n) is 18.3. The number of nitrogens with two attached hydrogens (primary N) is 1. The molecule has 1 heterocycles. The molecule has 0 aliphatic heterocycles. The van der Waals surface area contributed by atoms with Crippen LogP contribution in [0.1, 0.15) is 22.3 Å². The number of pyridine rings is 1. The maximum atomic E-state index is 12.9.